The highest BCUT2D eigenvalue weighted by Gasteiger charge is 2.23. The molecule has 0 amide bonds. The largest absolute Gasteiger partial charge is 0.397 e. The van der Waals surface area contributed by atoms with E-state index in [9.17, 15) is 14.9 Å². The number of rotatable bonds is 2. The summed E-state index contributed by atoms with van der Waals surface area (Å²) in [6, 6.07) is 2.66. The highest BCUT2D eigenvalue weighted by Crippen LogP contribution is 2.33. The van der Waals surface area contributed by atoms with Crippen LogP contribution in [0.4, 0.5) is 11.4 Å². The molecule has 1 rings (SSSR count). The normalized spacial score (nSPS) is 9.86. The summed E-state index contributed by atoms with van der Waals surface area (Å²) in [5, 5.41) is 10.4. The second-order valence-electron chi connectivity index (χ2n) is 2.68. The molecular weight excluding hydrogens is 208 g/mol. The van der Waals surface area contributed by atoms with Crippen LogP contribution in [-0.2, 0) is 0 Å². The van der Waals surface area contributed by atoms with E-state index in [1.54, 1.807) is 0 Å². The van der Waals surface area contributed by atoms with E-state index in [1.165, 1.54) is 19.1 Å². The van der Waals surface area contributed by atoms with Gasteiger partial charge in [0.15, 0.2) is 5.78 Å². The van der Waals surface area contributed by atoms with Crippen LogP contribution in [0.25, 0.3) is 0 Å². The van der Waals surface area contributed by atoms with Crippen molar-refractivity contribution < 1.29 is 9.72 Å². The van der Waals surface area contributed by atoms with Crippen molar-refractivity contribution in [3.63, 3.8) is 0 Å². The Kier molecular flexibility index (Phi) is 2.71. The van der Waals surface area contributed by atoms with E-state index >= 15 is 0 Å². The molecule has 0 saturated carbocycles. The summed E-state index contributed by atoms with van der Waals surface area (Å²) in [4.78, 5) is 20.9. The predicted octanol–water partition coefficient (Wildman–Crippen LogP) is 2.03. The predicted molar refractivity (Wildman–Crippen MR) is 52.5 cm³/mol. The minimum absolute atomic E-state index is 0.0331. The Balaban J connectivity index is 3.53. The lowest BCUT2D eigenvalue weighted by Gasteiger charge is -2.02. The summed E-state index contributed by atoms with van der Waals surface area (Å²) >= 11 is 5.62. The van der Waals surface area contributed by atoms with Crippen molar-refractivity contribution in [3.8, 4) is 0 Å². The zero-order valence-electron chi connectivity index (χ0n) is 7.28. The summed E-state index contributed by atoms with van der Waals surface area (Å²) in [5.74, 6) is -0.418. The molecular formula is C8H7ClN2O3. The second-order valence-corrected chi connectivity index (χ2v) is 3.06. The Morgan fingerprint density at radius 1 is 1.57 bits per heavy atom. The van der Waals surface area contributed by atoms with Gasteiger partial charge in [-0.15, -0.1) is 0 Å². The highest BCUT2D eigenvalue weighted by molar-refractivity contribution is 6.36. The summed E-state index contributed by atoms with van der Waals surface area (Å²) in [6.07, 6.45) is 0. The molecule has 1 aromatic rings. The molecule has 0 bridgehead atoms. The second kappa shape index (κ2) is 3.63. The summed E-state index contributed by atoms with van der Waals surface area (Å²) in [5.41, 5.74) is 5.00. The van der Waals surface area contributed by atoms with Gasteiger partial charge in [0.25, 0.3) is 0 Å². The fraction of sp³-hybridized carbons (Fsp3) is 0.125. The Morgan fingerprint density at radius 2 is 2.14 bits per heavy atom. The fourth-order valence-electron chi connectivity index (χ4n) is 1.04. The first-order valence-corrected chi connectivity index (χ1v) is 4.06. The number of hydrogen-bond acceptors (Lipinski definition) is 4. The Hall–Kier alpha value is -1.62. The molecule has 14 heavy (non-hydrogen) atoms. The number of nitrogen functional groups attached to an aromatic ring is 1. The molecule has 0 aromatic heterocycles. The Labute approximate surface area is 84.6 Å². The molecule has 0 aliphatic rings. The SMILES string of the molecule is CC(=O)c1ccc(N)c(Cl)c1[N+](=O)[O-]. The van der Waals surface area contributed by atoms with Crippen molar-refractivity contribution in [2.24, 2.45) is 0 Å². The molecule has 5 nitrogen and oxygen atoms in total. The van der Waals surface area contributed by atoms with Crippen molar-refractivity contribution in [1.29, 1.82) is 0 Å². The van der Waals surface area contributed by atoms with Crippen molar-refractivity contribution in [2.45, 2.75) is 6.92 Å². The molecule has 6 heteroatoms. The number of hydrogen-bond donors (Lipinski definition) is 1. The molecule has 2 N–H and O–H groups in total. The van der Waals surface area contributed by atoms with E-state index < -0.39 is 16.4 Å². The van der Waals surface area contributed by atoms with Crippen LogP contribution in [0.3, 0.4) is 0 Å². The van der Waals surface area contributed by atoms with Crippen LogP contribution < -0.4 is 5.73 Å². The standard InChI is InChI=1S/C8H7ClN2O3/c1-4(12)5-2-3-6(10)7(9)8(5)11(13)14/h2-3H,10H2,1H3. The van der Waals surface area contributed by atoms with Crippen LogP contribution in [0.1, 0.15) is 17.3 Å². The molecule has 74 valence electrons. The number of halogens is 1. The van der Waals surface area contributed by atoms with Gasteiger partial charge in [0.1, 0.15) is 5.02 Å². The lowest BCUT2D eigenvalue weighted by molar-refractivity contribution is -0.384. The molecule has 0 radical (unpaired) electrons. The molecule has 0 aliphatic heterocycles. The number of ketones is 1. The molecule has 0 atom stereocenters. The minimum atomic E-state index is -0.713. The van der Waals surface area contributed by atoms with Gasteiger partial charge in [-0.1, -0.05) is 11.6 Å². The molecule has 0 saturated heterocycles. The van der Waals surface area contributed by atoms with E-state index in [0.717, 1.165) is 0 Å². The molecule has 0 aliphatic carbocycles. The lowest BCUT2D eigenvalue weighted by Crippen LogP contribution is -2.02. The van der Waals surface area contributed by atoms with Gasteiger partial charge in [-0.05, 0) is 19.1 Å². The topological polar surface area (TPSA) is 86.2 Å². The third-order valence-electron chi connectivity index (χ3n) is 1.71. The van der Waals surface area contributed by atoms with Gasteiger partial charge in [-0.2, -0.15) is 0 Å². The number of nitrogens with zero attached hydrogens (tertiary/aromatic N) is 1. The maximum atomic E-state index is 11.0. The van der Waals surface area contributed by atoms with Crippen LogP contribution in [0.15, 0.2) is 12.1 Å². The third-order valence-corrected chi connectivity index (χ3v) is 2.11. The maximum Gasteiger partial charge on any atom is 0.300 e. The van der Waals surface area contributed by atoms with Gasteiger partial charge in [-0.25, -0.2) is 0 Å². The van der Waals surface area contributed by atoms with Crippen molar-refractivity contribution in [1.82, 2.24) is 0 Å². The van der Waals surface area contributed by atoms with E-state index in [0.29, 0.717) is 0 Å². The minimum Gasteiger partial charge on any atom is -0.397 e. The Morgan fingerprint density at radius 3 is 2.57 bits per heavy atom. The number of nitro groups is 1. The van der Waals surface area contributed by atoms with Gasteiger partial charge in [0, 0.05) is 0 Å². The molecule has 0 unspecified atom stereocenters. The Bertz CT molecular complexity index is 417. The zero-order chi connectivity index (χ0) is 10.9. The van der Waals surface area contributed by atoms with Gasteiger partial charge in [0.2, 0.25) is 0 Å². The van der Waals surface area contributed by atoms with E-state index in [4.69, 9.17) is 17.3 Å². The number of Topliss-reactive ketones (excluding diaryl/α,β-unsaturated/α-hetero) is 1. The number of carbonyl (C=O) groups is 1. The third kappa shape index (κ3) is 1.67. The van der Waals surface area contributed by atoms with E-state index in [1.807, 2.05) is 0 Å². The number of anilines is 1. The van der Waals surface area contributed by atoms with Gasteiger partial charge in [0.05, 0.1) is 16.2 Å². The lowest BCUT2D eigenvalue weighted by atomic mass is 10.1. The monoisotopic (exact) mass is 214 g/mol. The van der Waals surface area contributed by atoms with E-state index in [2.05, 4.69) is 0 Å². The van der Waals surface area contributed by atoms with Crippen molar-refractivity contribution in [3.05, 3.63) is 32.8 Å². The summed E-state index contributed by atoms with van der Waals surface area (Å²) in [6.45, 7) is 1.23. The summed E-state index contributed by atoms with van der Waals surface area (Å²) < 4.78 is 0. The van der Waals surface area contributed by atoms with E-state index in [-0.39, 0.29) is 16.3 Å². The number of benzene rings is 1. The van der Waals surface area contributed by atoms with Crippen molar-refractivity contribution in [2.75, 3.05) is 5.73 Å². The average molecular weight is 215 g/mol. The maximum absolute atomic E-state index is 11.0. The molecule has 1 aromatic carbocycles. The first kappa shape index (κ1) is 10.5. The number of nitro benzene ring substituents is 1. The van der Waals surface area contributed by atoms with Gasteiger partial charge < -0.3 is 5.73 Å². The molecule has 0 spiro atoms. The average Bonchev–Trinajstić information content (AvgIpc) is 2.08. The van der Waals surface area contributed by atoms with Crippen LogP contribution in [0, 0.1) is 10.1 Å². The van der Waals surface area contributed by atoms with Crippen LogP contribution in [-0.4, -0.2) is 10.7 Å². The van der Waals surface area contributed by atoms with Gasteiger partial charge >= 0.3 is 5.69 Å². The van der Waals surface area contributed by atoms with Crippen LogP contribution >= 0.6 is 11.6 Å². The first-order valence-electron chi connectivity index (χ1n) is 3.68. The molecule has 0 heterocycles. The quantitative estimate of drug-likeness (QED) is 0.353. The van der Waals surface area contributed by atoms with Gasteiger partial charge in [-0.3, -0.25) is 14.9 Å². The van der Waals surface area contributed by atoms with Crippen LogP contribution in [0.5, 0.6) is 0 Å². The zero-order valence-corrected chi connectivity index (χ0v) is 8.04. The first-order chi connectivity index (χ1) is 6.45. The number of nitrogens with two attached hydrogens (primary N) is 1. The molecule has 0 fully saturated rings. The van der Waals surface area contributed by atoms with Crippen LogP contribution in [0.2, 0.25) is 5.02 Å². The van der Waals surface area contributed by atoms with Crippen molar-refractivity contribution >= 4 is 28.8 Å². The summed E-state index contributed by atoms with van der Waals surface area (Å²) in [7, 11) is 0. The fourth-order valence-corrected chi connectivity index (χ4v) is 1.28. The highest BCUT2D eigenvalue weighted by atomic mass is 35.5. The number of carbonyl (C=O) groups excluding carboxylic acids is 1. The smallest absolute Gasteiger partial charge is 0.300 e.